The maximum atomic E-state index is 12.0. The molecule has 1 amide bonds. The van der Waals surface area contributed by atoms with Crippen molar-refractivity contribution in [1.82, 2.24) is 20.5 Å². The van der Waals surface area contributed by atoms with E-state index in [4.69, 9.17) is 4.42 Å². The number of amides is 1. The summed E-state index contributed by atoms with van der Waals surface area (Å²) in [6, 6.07) is 11.6. The molecule has 3 rings (SSSR count). The monoisotopic (exact) mass is 368 g/mol. The molecule has 0 aliphatic carbocycles. The number of rotatable bonds is 7. The van der Waals surface area contributed by atoms with Crippen molar-refractivity contribution in [2.75, 3.05) is 5.75 Å². The fraction of sp³-hybridized carbons (Fsp3) is 0.211. The van der Waals surface area contributed by atoms with Gasteiger partial charge in [-0.2, -0.15) is 0 Å². The van der Waals surface area contributed by atoms with E-state index in [-0.39, 0.29) is 17.7 Å². The first-order valence-corrected chi connectivity index (χ1v) is 9.22. The highest BCUT2D eigenvalue weighted by atomic mass is 32.2. The molecule has 134 valence electrons. The number of hydrogen-bond acceptors (Lipinski definition) is 5. The van der Waals surface area contributed by atoms with E-state index < -0.39 is 0 Å². The van der Waals surface area contributed by atoms with Gasteiger partial charge >= 0.3 is 0 Å². The molecule has 1 unspecified atom stereocenters. The van der Waals surface area contributed by atoms with Gasteiger partial charge < -0.3 is 9.73 Å². The van der Waals surface area contributed by atoms with E-state index in [1.807, 2.05) is 43.3 Å². The molecule has 1 atom stereocenters. The Morgan fingerprint density at radius 3 is 2.92 bits per heavy atom. The van der Waals surface area contributed by atoms with Crippen molar-refractivity contribution >= 4 is 29.8 Å². The summed E-state index contributed by atoms with van der Waals surface area (Å²) in [4.78, 5) is 16.4. The summed E-state index contributed by atoms with van der Waals surface area (Å²) in [5.41, 5.74) is 2.32. The first-order chi connectivity index (χ1) is 12.6. The molecule has 7 heteroatoms. The van der Waals surface area contributed by atoms with Crippen LogP contribution < -0.4 is 5.32 Å². The molecular weight excluding hydrogens is 348 g/mol. The van der Waals surface area contributed by atoms with E-state index in [2.05, 4.69) is 33.5 Å². The second-order valence-corrected chi connectivity index (χ2v) is 6.73. The Kier molecular flexibility index (Phi) is 5.91. The molecule has 0 aliphatic heterocycles. The van der Waals surface area contributed by atoms with Gasteiger partial charge in [0.1, 0.15) is 11.6 Å². The summed E-state index contributed by atoms with van der Waals surface area (Å²) in [7, 11) is 0. The highest BCUT2D eigenvalue weighted by Crippen LogP contribution is 2.16. The maximum absolute atomic E-state index is 12.0. The lowest BCUT2D eigenvalue weighted by Gasteiger charge is -2.10. The lowest BCUT2D eigenvalue weighted by molar-refractivity contribution is -0.119. The second-order valence-electron chi connectivity index (χ2n) is 5.79. The minimum Gasteiger partial charge on any atom is -0.467 e. The number of aryl methyl sites for hydroxylation is 1. The third-order valence-electron chi connectivity index (χ3n) is 3.77. The zero-order valence-corrected chi connectivity index (χ0v) is 15.4. The zero-order chi connectivity index (χ0) is 18.4. The lowest BCUT2D eigenvalue weighted by atomic mass is 10.1. The Morgan fingerprint density at radius 1 is 1.31 bits per heavy atom. The number of thioether (sulfide) groups is 1. The summed E-state index contributed by atoms with van der Waals surface area (Å²) in [5.74, 6) is 1.52. The Balaban J connectivity index is 1.50. The number of H-pyrrole nitrogens is 1. The molecule has 0 spiro atoms. The van der Waals surface area contributed by atoms with Crippen LogP contribution in [0.1, 0.15) is 35.7 Å². The molecule has 0 aliphatic rings. The van der Waals surface area contributed by atoms with Crippen LogP contribution in [0.3, 0.4) is 0 Å². The number of nitrogens with one attached hydrogen (secondary N) is 2. The first kappa shape index (κ1) is 18.0. The number of nitrogens with zero attached hydrogens (tertiary/aromatic N) is 2. The van der Waals surface area contributed by atoms with Crippen molar-refractivity contribution in [1.29, 1.82) is 0 Å². The number of carbonyl (C=O) groups excluding carboxylic acids is 1. The third kappa shape index (κ3) is 4.86. The zero-order valence-electron chi connectivity index (χ0n) is 14.6. The van der Waals surface area contributed by atoms with Crippen molar-refractivity contribution in [2.24, 2.45) is 0 Å². The van der Waals surface area contributed by atoms with Gasteiger partial charge in [0.25, 0.3) is 0 Å². The summed E-state index contributed by atoms with van der Waals surface area (Å²) in [6.45, 7) is 3.94. The smallest absolute Gasteiger partial charge is 0.231 e. The lowest BCUT2D eigenvalue weighted by Crippen LogP contribution is -2.27. The van der Waals surface area contributed by atoms with Crippen LogP contribution in [0.2, 0.25) is 0 Å². The molecule has 2 N–H and O–H groups in total. The quantitative estimate of drug-likeness (QED) is 0.619. The van der Waals surface area contributed by atoms with Gasteiger partial charge in [-0.3, -0.25) is 9.89 Å². The van der Waals surface area contributed by atoms with Gasteiger partial charge in [-0.05, 0) is 43.2 Å². The van der Waals surface area contributed by atoms with E-state index in [0.717, 1.165) is 11.3 Å². The largest absolute Gasteiger partial charge is 0.467 e. The Labute approximate surface area is 156 Å². The fourth-order valence-corrected chi connectivity index (χ4v) is 2.98. The predicted molar refractivity (Wildman–Crippen MR) is 102 cm³/mol. The van der Waals surface area contributed by atoms with Crippen molar-refractivity contribution < 1.29 is 9.21 Å². The Morgan fingerprint density at radius 2 is 2.15 bits per heavy atom. The molecule has 6 nitrogen and oxygen atoms in total. The predicted octanol–water partition coefficient (Wildman–Crippen LogP) is 3.85. The van der Waals surface area contributed by atoms with E-state index >= 15 is 0 Å². The van der Waals surface area contributed by atoms with Crippen molar-refractivity contribution in [2.45, 2.75) is 25.0 Å². The molecular formula is C19H20N4O2S. The number of carbonyl (C=O) groups is 1. The molecule has 3 aromatic rings. The second kappa shape index (κ2) is 8.53. The van der Waals surface area contributed by atoms with Gasteiger partial charge in [-0.15, -0.1) is 5.10 Å². The molecule has 26 heavy (non-hydrogen) atoms. The molecule has 0 bridgehead atoms. The summed E-state index contributed by atoms with van der Waals surface area (Å²) in [6.07, 6.45) is 5.45. The van der Waals surface area contributed by atoms with Crippen molar-refractivity contribution in [3.8, 4) is 0 Å². The van der Waals surface area contributed by atoms with Gasteiger partial charge in [0.2, 0.25) is 11.1 Å². The average molecular weight is 368 g/mol. The SMILES string of the molecule is Cc1ccccc1/C=C/c1nc(SCC(=O)NC(C)c2ccco2)n[nH]1. The number of benzene rings is 1. The number of furan rings is 1. The summed E-state index contributed by atoms with van der Waals surface area (Å²) < 4.78 is 5.28. The number of aromatic nitrogens is 3. The molecule has 0 saturated carbocycles. The van der Waals surface area contributed by atoms with Gasteiger partial charge in [-0.25, -0.2) is 4.98 Å². The number of hydrogen-bond donors (Lipinski definition) is 2. The molecule has 0 saturated heterocycles. The molecule has 1 aromatic carbocycles. The summed E-state index contributed by atoms with van der Waals surface area (Å²) in [5, 5.41) is 10.4. The van der Waals surface area contributed by atoms with Crippen LogP contribution in [-0.4, -0.2) is 26.8 Å². The van der Waals surface area contributed by atoms with Gasteiger partial charge in [0, 0.05) is 0 Å². The molecule has 2 aromatic heterocycles. The third-order valence-corrected chi connectivity index (χ3v) is 4.62. The maximum Gasteiger partial charge on any atom is 0.231 e. The van der Waals surface area contributed by atoms with Gasteiger partial charge in [0.15, 0.2) is 0 Å². The standard InChI is InChI=1S/C19H20N4O2S/c1-13-6-3-4-7-15(13)9-10-17-21-19(23-22-17)26-12-18(24)20-14(2)16-8-5-11-25-16/h3-11,14H,12H2,1-2H3,(H,20,24)(H,21,22,23)/b10-9+. The van der Waals surface area contributed by atoms with Crippen LogP contribution in [-0.2, 0) is 4.79 Å². The molecule has 0 radical (unpaired) electrons. The van der Waals surface area contributed by atoms with Crippen molar-refractivity contribution in [3.05, 3.63) is 65.4 Å². The van der Waals surface area contributed by atoms with E-state index in [9.17, 15) is 4.79 Å². The average Bonchev–Trinajstić information content (AvgIpc) is 3.31. The minimum atomic E-state index is -0.169. The minimum absolute atomic E-state index is 0.0966. The van der Waals surface area contributed by atoms with Crippen LogP contribution in [0.4, 0.5) is 0 Å². The van der Waals surface area contributed by atoms with E-state index in [0.29, 0.717) is 11.0 Å². The first-order valence-electron chi connectivity index (χ1n) is 8.23. The van der Waals surface area contributed by atoms with Crippen LogP contribution in [0.5, 0.6) is 0 Å². The van der Waals surface area contributed by atoms with Gasteiger partial charge in [0.05, 0.1) is 18.1 Å². The van der Waals surface area contributed by atoms with Crippen LogP contribution >= 0.6 is 11.8 Å². The fourth-order valence-electron chi connectivity index (χ4n) is 2.36. The highest BCUT2D eigenvalue weighted by Gasteiger charge is 2.13. The normalized spacial score (nSPS) is 12.4. The van der Waals surface area contributed by atoms with Crippen molar-refractivity contribution in [3.63, 3.8) is 0 Å². The van der Waals surface area contributed by atoms with Crippen LogP contribution in [0.25, 0.3) is 12.2 Å². The Hall–Kier alpha value is -2.80. The highest BCUT2D eigenvalue weighted by molar-refractivity contribution is 7.99. The topological polar surface area (TPSA) is 83.8 Å². The molecule has 2 heterocycles. The number of aromatic amines is 1. The Bertz CT molecular complexity index is 887. The van der Waals surface area contributed by atoms with Crippen LogP contribution in [0.15, 0.2) is 52.2 Å². The summed E-state index contributed by atoms with van der Waals surface area (Å²) >= 11 is 1.28. The molecule has 0 fully saturated rings. The van der Waals surface area contributed by atoms with Crippen LogP contribution in [0, 0.1) is 6.92 Å². The van der Waals surface area contributed by atoms with E-state index in [1.165, 1.54) is 17.3 Å². The van der Waals surface area contributed by atoms with E-state index in [1.54, 1.807) is 12.3 Å². The van der Waals surface area contributed by atoms with Gasteiger partial charge in [-0.1, -0.05) is 42.1 Å².